The average Bonchev–Trinajstić information content (AvgIpc) is 2.64. The topological polar surface area (TPSA) is 87.7 Å². The van der Waals surface area contributed by atoms with Crippen molar-refractivity contribution in [3.8, 4) is 5.75 Å². The van der Waals surface area contributed by atoms with Crippen LogP contribution in [0.3, 0.4) is 0 Å². The zero-order valence-electron chi connectivity index (χ0n) is 17.3. The molecule has 0 aromatic heterocycles. The maximum atomic E-state index is 13.0. The lowest BCUT2D eigenvalue weighted by molar-refractivity contribution is -0.123. The van der Waals surface area contributed by atoms with Gasteiger partial charge in [0.25, 0.3) is 0 Å². The molecule has 0 saturated heterocycles. The summed E-state index contributed by atoms with van der Waals surface area (Å²) in [7, 11) is 0. The molecule has 0 unspecified atom stereocenters. The standard InChI is InChI=1S/C22H26I2N2O4/c1-13(15-8-6-5-7-9-15)25-20(28)18(26-21(29)30-22(2,3)4)12-14-10-16(23)19(27)17(24)11-14/h5-11,13,18,27H,12H2,1-4H3,(H,25,28)(H,26,29)/t13-,18+/m1/s1. The summed E-state index contributed by atoms with van der Waals surface area (Å²) in [6.07, 6.45) is -0.392. The quantitative estimate of drug-likeness (QED) is 0.394. The molecule has 162 valence electrons. The predicted octanol–water partition coefficient (Wildman–Crippen LogP) is 4.91. The molecule has 0 aliphatic heterocycles. The lowest BCUT2D eigenvalue weighted by Crippen LogP contribution is -2.49. The Morgan fingerprint density at radius 2 is 1.63 bits per heavy atom. The third kappa shape index (κ3) is 7.60. The Bertz CT molecular complexity index is 875. The van der Waals surface area contributed by atoms with Crippen molar-refractivity contribution in [2.75, 3.05) is 0 Å². The molecule has 0 heterocycles. The molecule has 8 heteroatoms. The molecule has 0 spiro atoms. The van der Waals surface area contributed by atoms with E-state index in [-0.39, 0.29) is 24.1 Å². The van der Waals surface area contributed by atoms with E-state index in [0.29, 0.717) is 7.14 Å². The van der Waals surface area contributed by atoms with Gasteiger partial charge in [0.05, 0.1) is 13.2 Å². The van der Waals surface area contributed by atoms with E-state index in [0.717, 1.165) is 11.1 Å². The minimum Gasteiger partial charge on any atom is -0.506 e. The molecule has 0 saturated carbocycles. The summed E-state index contributed by atoms with van der Waals surface area (Å²) in [6, 6.07) is 12.2. The van der Waals surface area contributed by atoms with Gasteiger partial charge in [-0.2, -0.15) is 0 Å². The predicted molar refractivity (Wildman–Crippen MR) is 133 cm³/mol. The fourth-order valence-corrected chi connectivity index (χ4v) is 4.67. The Labute approximate surface area is 204 Å². The van der Waals surface area contributed by atoms with E-state index in [4.69, 9.17) is 4.74 Å². The normalized spacial score (nSPS) is 13.3. The van der Waals surface area contributed by atoms with E-state index in [1.54, 1.807) is 32.9 Å². The largest absolute Gasteiger partial charge is 0.506 e. The molecular formula is C22H26I2N2O4. The van der Waals surface area contributed by atoms with Crippen LogP contribution in [0.5, 0.6) is 5.75 Å². The molecule has 0 radical (unpaired) electrons. The van der Waals surface area contributed by atoms with Crippen LogP contribution in [0.4, 0.5) is 4.79 Å². The van der Waals surface area contributed by atoms with Gasteiger partial charge in [-0.05, 0) is 96.1 Å². The van der Waals surface area contributed by atoms with E-state index in [1.165, 1.54) is 0 Å². The number of rotatable bonds is 6. The van der Waals surface area contributed by atoms with Gasteiger partial charge in [0.1, 0.15) is 17.4 Å². The van der Waals surface area contributed by atoms with Gasteiger partial charge in [0, 0.05) is 6.42 Å². The van der Waals surface area contributed by atoms with Crippen LogP contribution in [-0.2, 0) is 16.0 Å². The van der Waals surface area contributed by atoms with Crippen LogP contribution < -0.4 is 10.6 Å². The zero-order chi connectivity index (χ0) is 22.5. The van der Waals surface area contributed by atoms with Crippen molar-refractivity contribution in [2.45, 2.75) is 51.8 Å². The molecule has 2 amide bonds. The van der Waals surface area contributed by atoms with Crippen molar-refractivity contribution < 1.29 is 19.4 Å². The van der Waals surface area contributed by atoms with E-state index < -0.39 is 17.7 Å². The van der Waals surface area contributed by atoms with Crippen LogP contribution in [0.1, 0.15) is 44.9 Å². The molecule has 30 heavy (non-hydrogen) atoms. The van der Waals surface area contributed by atoms with Crippen LogP contribution in [0.25, 0.3) is 0 Å². The van der Waals surface area contributed by atoms with Gasteiger partial charge in [-0.15, -0.1) is 0 Å². The van der Waals surface area contributed by atoms with Gasteiger partial charge in [-0.3, -0.25) is 4.79 Å². The summed E-state index contributed by atoms with van der Waals surface area (Å²) in [6.45, 7) is 7.20. The third-order valence-electron chi connectivity index (χ3n) is 4.18. The van der Waals surface area contributed by atoms with Crippen molar-refractivity contribution in [1.29, 1.82) is 0 Å². The van der Waals surface area contributed by atoms with Crippen LogP contribution in [0, 0.1) is 7.14 Å². The summed E-state index contributed by atoms with van der Waals surface area (Å²) in [5.41, 5.74) is 1.12. The Balaban J connectivity index is 2.21. The number of carbonyl (C=O) groups excluding carboxylic acids is 2. The SMILES string of the molecule is C[C@@H](NC(=O)[C@H](Cc1cc(I)c(O)c(I)c1)NC(=O)OC(C)(C)C)c1ccccc1. The lowest BCUT2D eigenvalue weighted by atomic mass is 10.0. The molecule has 0 bridgehead atoms. The number of ether oxygens (including phenoxy) is 1. The zero-order valence-corrected chi connectivity index (χ0v) is 21.6. The van der Waals surface area contributed by atoms with Crippen LogP contribution >= 0.6 is 45.2 Å². The Hall–Kier alpha value is -1.56. The minimum atomic E-state index is -0.831. The maximum Gasteiger partial charge on any atom is 0.408 e. The summed E-state index contributed by atoms with van der Waals surface area (Å²) in [4.78, 5) is 25.4. The first kappa shape index (κ1) is 24.7. The lowest BCUT2D eigenvalue weighted by Gasteiger charge is -2.25. The minimum absolute atomic E-state index is 0.207. The number of phenolic OH excluding ortho intramolecular Hbond substituents is 1. The maximum absolute atomic E-state index is 13.0. The van der Waals surface area contributed by atoms with E-state index in [1.807, 2.05) is 82.4 Å². The highest BCUT2D eigenvalue weighted by Crippen LogP contribution is 2.28. The van der Waals surface area contributed by atoms with Crippen molar-refractivity contribution in [1.82, 2.24) is 10.6 Å². The van der Waals surface area contributed by atoms with Crippen molar-refractivity contribution in [2.24, 2.45) is 0 Å². The number of amides is 2. The van der Waals surface area contributed by atoms with Gasteiger partial charge in [0.2, 0.25) is 5.91 Å². The Morgan fingerprint density at radius 3 is 2.17 bits per heavy atom. The molecule has 2 aromatic rings. The molecule has 2 atom stereocenters. The summed E-state index contributed by atoms with van der Waals surface area (Å²) in [5.74, 6) is -0.103. The van der Waals surface area contributed by atoms with E-state index in [2.05, 4.69) is 10.6 Å². The smallest absolute Gasteiger partial charge is 0.408 e. The second-order valence-corrected chi connectivity index (χ2v) is 10.3. The number of nitrogens with one attached hydrogen (secondary N) is 2. The van der Waals surface area contributed by atoms with Crippen LogP contribution in [-0.4, -0.2) is 28.7 Å². The molecular weight excluding hydrogens is 610 g/mol. The molecule has 0 aliphatic rings. The highest BCUT2D eigenvalue weighted by Gasteiger charge is 2.26. The Morgan fingerprint density at radius 1 is 1.07 bits per heavy atom. The first-order chi connectivity index (χ1) is 14.0. The molecule has 2 aromatic carbocycles. The molecule has 6 nitrogen and oxygen atoms in total. The number of aromatic hydroxyl groups is 1. The second-order valence-electron chi connectivity index (χ2n) is 7.95. The highest BCUT2D eigenvalue weighted by atomic mass is 127. The molecule has 2 rings (SSSR count). The van der Waals surface area contributed by atoms with Crippen LogP contribution in [0.2, 0.25) is 0 Å². The molecule has 0 fully saturated rings. The first-order valence-corrected chi connectivity index (χ1v) is 11.6. The fraction of sp³-hybridized carbons (Fsp3) is 0.364. The number of carbonyl (C=O) groups is 2. The number of halogens is 2. The number of phenols is 1. The monoisotopic (exact) mass is 636 g/mol. The number of hydrogen-bond donors (Lipinski definition) is 3. The molecule has 3 N–H and O–H groups in total. The molecule has 0 aliphatic carbocycles. The van der Waals surface area contributed by atoms with Gasteiger partial charge in [0.15, 0.2) is 0 Å². The van der Waals surface area contributed by atoms with Crippen molar-refractivity contribution >= 4 is 57.2 Å². The van der Waals surface area contributed by atoms with Crippen LogP contribution in [0.15, 0.2) is 42.5 Å². The van der Waals surface area contributed by atoms with Gasteiger partial charge in [-0.1, -0.05) is 30.3 Å². The Kier molecular flexibility index (Phi) is 8.77. The van der Waals surface area contributed by atoms with Crippen molar-refractivity contribution in [3.05, 3.63) is 60.7 Å². The van der Waals surface area contributed by atoms with E-state index in [9.17, 15) is 14.7 Å². The van der Waals surface area contributed by atoms with Crippen molar-refractivity contribution in [3.63, 3.8) is 0 Å². The fourth-order valence-electron chi connectivity index (χ4n) is 2.77. The first-order valence-electron chi connectivity index (χ1n) is 9.48. The highest BCUT2D eigenvalue weighted by molar-refractivity contribution is 14.1. The third-order valence-corrected chi connectivity index (χ3v) is 5.83. The number of benzene rings is 2. The van der Waals surface area contributed by atoms with Gasteiger partial charge in [-0.25, -0.2) is 4.79 Å². The average molecular weight is 636 g/mol. The van der Waals surface area contributed by atoms with E-state index >= 15 is 0 Å². The summed E-state index contributed by atoms with van der Waals surface area (Å²) < 4.78 is 6.71. The van der Waals surface area contributed by atoms with Gasteiger partial charge < -0.3 is 20.5 Å². The number of hydrogen-bond acceptors (Lipinski definition) is 4. The summed E-state index contributed by atoms with van der Waals surface area (Å²) in [5, 5.41) is 15.7. The van der Waals surface area contributed by atoms with Gasteiger partial charge >= 0.3 is 6.09 Å². The summed E-state index contributed by atoms with van der Waals surface area (Å²) >= 11 is 4.09. The number of alkyl carbamates (subject to hydrolysis) is 1. The second kappa shape index (κ2) is 10.7.